The zero-order valence-electron chi connectivity index (χ0n) is 5.10. The van der Waals surface area contributed by atoms with Crippen LogP contribution in [0.3, 0.4) is 0 Å². The molecule has 5 heteroatoms. The van der Waals surface area contributed by atoms with E-state index in [1.807, 2.05) is 0 Å². The number of carbonyl (C=O) groups excluding carboxylic acids is 2. The van der Waals surface area contributed by atoms with Gasteiger partial charge in [0.1, 0.15) is 5.03 Å². The van der Waals surface area contributed by atoms with Gasteiger partial charge in [-0.25, -0.2) is 0 Å². The van der Waals surface area contributed by atoms with Crippen molar-refractivity contribution in [2.45, 2.75) is 0 Å². The lowest BCUT2D eigenvalue weighted by molar-refractivity contribution is -0.131. The van der Waals surface area contributed by atoms with Crippen molar-refractivity contribution in [3.63, 3.8) is 0 Å². The number of carbonyl (C=O) groups is 2. The van der Waals surface area contributed by atoms with Gasteiger partial charge in [0, 0.05) is 6.08 Å². The number of rotatable bonds is 0. The van der Waals surface area contributed by atoms with E-state index in [1.54, 1.807) is 22.6 Å². The van der Waals surface area contributed by atoms with E-state index < -0.39 is 16.6 Å². The molecule has 1 N–H and O–H groups in total. The molecule has 0 aromatic rings. The lowest BCUT2D eigenvalue weighted by Gasteiger charge is -2.05. The van der Waals surface area contributed by atoms with E-state index in [4.69, 9.17) is 16.7 Å². The van der Waals surface area contributed by atoms with Crippen LogP contribution >= 0.6 is 34.2 Å². The number of hydrogen-bond acceptors (Lipinski definition) is 3. The molecule has 0 aromatic carbocycles. The second-order valence-electron chi connectivity index (χ2n) is 1.85. The first-order valence-electron chi connectivity index (χ1n) is 2.59. The van der Waals surface area contributed by atoms with Gasteiger partial charge in [0.15, 0.2) is 5.76 Å². The summed E-state index contributed by atoms with van der Waals surface area (Å²) >= 11 is 7.04. The van der Waals surface area contributed by atoms with Crippen molar-refractivity contribution < 1.29 is 14.7 Å². The third-order valence-electron chi connectivity index (χ3n) is 1.12. The van der Waals surface area contributed by atoms with E-state index in [2.05, 4.69) is 0 Å². The maximum atomic E-state index is 10.7. The largest absolute Gasteiger partial charge is 0.505 e. The molecule has 0 fully saturated rings. The van der Waals surface area contributed by atoms with Crippen molar-refractivity contribution in [1.82, 2.24) is 0 Å². The Morgan fingerprint density at radius 2 is 2.00 bits per heavy atom. The van der Waals surface area contributed by atoms with Crippen LogP contribution in [0.15, 0.2) is 20.4 Å². The fraction of sp³-hybridized carbons (Fsp3) is 0. The van der Waals surface area contributed by atoms with Gasteiger partial charge in [-0.05, 0) is 22.6 Å². The number of ketones is 2. The summed E-state index contributed by atoms with van der Waals surface area (Å²) in [5.41, 5.74) is 0. The van der Waals surface area contributed by atoms with E-state index in [-0.39, 0.29) is 9.34 Å². The van der Waals surface area contributed by atoms with Gasteiger partial charge >= 0.3 is 0 Å². The van der Waals surface area contributed by atoms with Crippen LogP contribution in [-0.2, 0) is 9.59 Å². The highest BCUT2D eigenvalue weighted by Crippen LogP contribution is 2.25. The zero-order valence-corrected chi connectivity index (χ0v) is 8.01. The molecule has 58 valence electrons. The van der Waals surface area contributed by atoms with Gasteiger partial charge in [0.2, 0.25) is 11.6 Å². The molecule has 0 radical (unpaired) electrons. The molecule has 0 unspecified atom stereocenters. The lowest BCUT2D eigenvalue weighted by atomic mass is 10.1. The monoisotopic (exact) mass is 284 g/mol. The van der Waals surface area contributed by atoms with E-state index >= 15 is 0 Å². The molecule has 0 saturated carbocycles. The molecule has 3 nitrogen and oxygen atoms in total. The first-order valence-corrected chi connectivity index (χ1v) is 4.04. The summed E-state index contributed by atoms with van der Waals surface area (Å²) in [7, 11) is 0. The highest BCUT2D eigenvalue weighted by molar-refractivity contribution is 14.1. The Kier molecular flexibility index (Phi) is 2.34. The van der Waals surface area contributed by atoms with E-state index in [0.717, 1.165) is 6.08 Å². The second kappa shape index (κ2) is 2.94. The minimum Gasteiger partial charge on any atom is -0.505 e. The summed E-state index contributed by atoms with van der Waals surface area (Å²) in [5.74, 6) is -1.88. The fourth-order valence-corrected chi connectivity index (χ4v) is 1.48. The van der Waals surface area contributed by atoms with Gasteiger partial charge in [-0.3, -0.25) is 9.59 Å². The number of Topliss-reactive ketones (excluding diaryl/α,β-unsaturated/α-hetero) is 1. The molecule has 0 heterocycles. The predicted molar refractivity (Wildman–Crippen MR) is 47.6 cm³/mol. The molecule has 0 bridgehead atoms. The summed E-state index contributed by atoms with van der Waals surface area (Å²) in [6, 6.07) is 0. The third kappa shape index (κ3) is 1.46. The minimum absolute atomic E-state index is 0.289. The van der Waals surface area contributed by atoms with Gasteiger partial charge in [-0.2, -0.15) is 0 Å². The number of aliphatic hydroxyl groups excluding tert-OH is 1. The van der Waals surface area contributed by atoms with Crippen LogP contribution in [0.1, 0.15) is 0 Å². The maximum Gasteiger partial charge on any atom is 0.248 e. The average Bonchev–Trinajstić information content (AvgIpc) is 1.97. The SMILES string of the molecule is O=C1C=C(I)C(O)=C(Cl)C1=O. The highest BCUT2D eigenvalue weighted by Gasteiger charge is 2.25. The van der Waals surface area contributed by atoms with Crippen LogP contribution in [0, 0.1) is 0 Å². The second-order valence-corrected chi connectivity index (χ2v) is 3.39. The van der Waals surface area contributed by atoms with E-state index in [9.17, 15) is 9.59 Å². The predicted octanol–water partition coefficient (Wildman–Crippen LogP) is 1.47. The molecule has 1 aliphatic rings. The first-order chi connectivity index (χ1) is 5.04. The molecule has 0 atom stereocenters. The quantitative estimate of drug-likeness (QED) is 0.416. The molecule has 0 amide bonds. The van der Waals surface area contributed by atoms with Crippen molar-refractivity contribution in [2.75, 3.05) is 0 Å². The summed E-state index contributed by atoms with van der Waals surface area (Å²) in [6.07, 6.45) is 1.05. The van der Waals surface area contributed by atoms with E-state index in [1.165, 1.54) is 0 Å². The minimum atomic E-state index is -0.857. The van der Waals surface area contributed by atoms with Crippen LogP contribution in [0.5, 0.6) is 0 Å². The molecule has 1 aliphatic carbocycles. The van der Waals surface area contributed by atoms with Crippen LogP contribution in [-0.4, -0.2) is 16.7 Å². The Balaban J connectivity index is 3.22. The van der Waals surface area contributed by atoms with Crippen LogP contribution in [0.4, 0.5) is 0 Å². The Labute approximate surface area is 80.9 Å². The lowest BCUT2D eigenvalue weighted by Crippen LogP contribution is -2.17. The van der Waals surface area contributed by atoms with Crippen molar-refractivity contribution in [3.8, 4) is 0 Å². The van der Waals surface area contributed by atoms with Crippen LogP contribution in [0.25, 0.3) is 0 Å². The van der Waals surface area contributed by atoms with Gasteiger partial charge in [0.25, 0.3) is 0 Å². The van der Waals surface area contributed by atoms with Gasteiger partial charge in [-0.15, -0.1) is 0 Å². The molecule has 0 spiro atoms. The fourth-order valence-electron chi connectivity index (χ4n) is 0.570. The Bertz CT molecular complexity index is 303. The Morgan fingerprint density at radius 3 is 2.55 bits per heavy atom. The van der Waals surface area contributed by atoms with Gasteiger partial charge < -0.3 is 5.11 Å². The average molecular weight is 284 g/mol. The number of halogens is 2. The van der Waals surface area contributed by atoms with E-state index in [0.29, 0.717) is 0 Å². The van der Waals surface area contributed by atoms with Gasteiger partial charge in [0.05, 0.1) is 3.58 Å². The van der Waals surface area contributed by atoms with Crippen molar-refractivity contribution in [3.05, 3.63) is 20.4 Å². The Morgan fingerprint density at radius 1 is 1.45 bits per heavy atom. The van der Waals surface area contributed by atoms with Gasteiger partial charge in [-0.1, -0.05) is 11.6 Å². The molecule has 0 saturated heterocycles. The summed E-state index contributed by atoms with van der Waals surface area (Å²) < 4.78 is 0.289. The highest BCUT2D eigenvalue weighted by atomic mass is 127. The normalized spacial score (nSPS) is 18.9. The maximum absolute atomic E-state index is 10.7. The molecule has 11 heavy (non-hydrogen) atoms. The standard InChI is InChI=1S/C6H2ClIO3/c7-4-5(10)2(8)1-3(9)6(4)11/h1,10H. The zero-order chi connectivity index (χ0) is 8.59. The van der Waals surface area contributed by atoms with Crippen molar-refractivity contribution >= 4 is 45.8 Å². The first kappa shape index (κ1) is 8.73. The molecule has 0 aliphatic heterocycles. The number of hydrogen-bond donors (Lipinski definition) is 1. The Hall–Kier alpha value is -0.360. The molecular weight excluding hydrogens is 282 g/mol. The summed E-state index contributed by atoms with van der Waals surface area (Å²) in [5, 5.41) is 8.63. The molecular formula is C6H2ClIO3. The molecule has 1 rings (SSSR count). The van der Waals surface area contributed by atoms with Crippen molar-refractivity contribution in [1.29, 1.82) is 0 Å². The van der Waals surface area contributed by atoms with Crippen LogP contribution in [0.2, 0.25) is 0 Å². The smallest absolute Gasteiger partial charge is 0.248 e. The number of allylic oxidation sites excluding steroid dienone is 3. The van der Waals surface area contributed by atoms with Crippen molar-refractivity contribution in [2.24, 2.45) is 0 Å². The molecule has 0 aromatic heterocycles. The summed E-state index contributed by atoms with van der Waals surface area (Å²) in [4.78, 5) is 21.4. The summed E-state index contributed by atoms with van der Waals surface area (Å²) in [6.45, 7) is 0. The van der Waals surface area contributed by atoms with Crippen LogP contribution < -0.4 is 0 Å². The number of aliphatic hydroxyl groups is 1. The topological polar surface area (TPSA) is 54.4 Å². The third-order valence-corrected chi connectivity index (χ3v) is 2.29.